The molecule has 0 aliphatic carbocycles. The maximum Gasteiger partial charge on any atom is 0.404 e. The topological polar surface area (TPSA) is 93.1 Å². The lowest BCUT2D eigenvalue weighted by molar-refractivity contribution is -0.147. The minimum Gasteiger partial charge on any atom is -0.345 e. The van der Waals surface area contributed by atoms with Gasteiger partial charge in [-0.2, -0.15) is 17.9 Å². The summed E-state index contributed by atoms with van der Waals surface area (Å²) in [5.74, 6) is -0.667. The van der Waals surface area contributed by atoms with Crippen LogP contribution in [0.1, 0.15) is 17.4 Å². The molecule has 0 unspecified atom stereocenters. The van der Waals surface area contributed by atoms with E-state index in [-0.39, 0.29) is 10.8 Å². The van der Waals surface area contributed by atoms with Crippen LogP contribution in [0.3, 0.4) is 0 Å². The van der Waals surface area contributed by atoms with Gasteiger partial charge in [0.15, 0.2) is 0 Å². The van der Waals surface area contributed by atoms with Crippen LogP contribution in [0, 0.1) is 0 Å². The van der Waals surface area contributed by atoms with E-state index in [4.69, 9.17) is 11.6 Å². The van der Waals surface area contributed by atoms with Crippen LogP contribution in [0.2, 0.25) is 5.15 Å². The quantitative estimate of drug-likeness (QED) is 0.741. The van der Waals surface area contributed by atoms with E-state index in [9.17, 15) is 26.4 Å². The third-order valence-corrected chi connectivity index (χ3v) is 5.04. The van der Waals surface area contributed by atoms with Crippen molar-refractivity contribution in [2.24, 2.45) is 7.05 Å². The highest BCUT2D eigenvalue weighted by molar-refractivity contribution is 7.89. The summed E-state index contributed by atoms with van der Waals surface area (Å²) in [6.07, 6.45) is -2.33. The molecule has 0 spiro atoms. The van der Waals surface area contributed by atoms with E-state index < -0.39 is 33.0 Å². The highest BCUT2D eigenvalue weighted by Crippen LogP contribution is 2.22. The molecule has 7 nitrogen and oxygen atoms in total. The normalized spacial score (nSPS) is 13.5. The molecular formula is C14H14ClF3N4O3S. The fourth-order valence-electron chi connectivity index (χ4n) is 1.95. The molecule has 12 heteroatoms. The molecule has 0 saturated carbocycles. The molecule has 142 valence electrons. The first-order valence-corrected chi connectivity index (χ1v) is 8.94. The molecule has 0 aliphatic heterocycles. The molecule has 0 aliphatic rings. The zero-order valence-corrected chi connectivity index (χ0v) is 15.1. The summed E-state index contributed by atoms with van der Waals surface area (Å²) in [7, 11) is -3.07. The first kappa shape index (κ1) is 20.2. The molecule has 1 atom stereocenters. The van der Waals surface area contributed by atoms with Crippen molar-refractivity contribution < 1.29 is 26.4 Å². The van der Waals surface area contributed by atoms with Crippen molar-refractivity contribution in [3.63, 3.8) is 0 Å². The van der Waals surface area contributed by atoms with Crippen LogP contribution in [0.4, 0.5) is 18.9 Å². The number of alkyl halides is 3. The van der Waals surface area contributed by atoms with Gasteiger partial charge < -0.3 is 9.88 Å². The average Bonchev–Trinajstić information content (AvgIpc) is 2.89. The zero-order valence-electron chi connectivity index (χ0n) is 13.5. The summed E-state index contributed by atoms with van der Waals surface area (Å²) < 4.78 is 64.6. The predicted molar refractivity (Wildman–Crippen MR) is 88.5 cm³/mol. The molecule has 26 heavy (non-hydrogen) atoms. The fourth-order valence-corrected chi connectivity index (χ4v) is 3.42. The van der Waals surface area contributed by atoms with Gasteiger partial charge in [-0.05, 0) is 25.1 Å². The van der Waals surface area contributed by atoms with Crippen LogP contribution in [-0.2, 0) is 17.1 Å². The fraction of sp³-hybridized carbons (Fsp3) is 0.286. The maximum atomic E-state index is 12.6. The Morgan fingerprint density at radius 3 is 2.58 bits per heavy atom. The standard InChI is InChI=1S/C14H14ClF3N4O3S/c1-8(14(16,17)18)21-26(24,25)10-6-11(22(2)7-10)13(23)20-9-3-4-19-12(15)5-9/h3-8,21H,1-2H3,(H,19,20,23)/t8-/m1/s1. The van der Waals surface area contributed by atoms with E-state index in [1.807, 2.05) is 0 Å². The Morgan fingerprint density at radius 2 is 2.00 bits per heavy atom. The van der Waals surface area contributed by atoms with E-state index in [0.717, 1.165) is 12.3 Å². The Hall–Kier alpha value is -2.11. The Labute approximate surface area is 152 Å². The number of hydrogen-bond donors (Lipinski definition) is 2. The number of nitrogens with one attached hydrogen (secondary N) is 2. The van der Waals surface area contributed by atoms with E-state index in [0.29, 0.717) is 12.6 Å². The van der Waals surface area contributed by atoms with Crippen LogP contribution in [0.25, 0.3) is 0 Å². The van der Waals surface area contributed by atoms with Crippen molar-refractivity contribution in [2.45, 2.75) is 24.0 Å². The van der Waals surface area contributed by atoms with E-state index in [2.05, 4.69) is 10.3 Å². The predicted octanol–water partition coefficient (Wildman–Crippen LogP) is 2.55. The number of nitrogens with zero attached hydrogens (tertiary/aromatic N) is 2. The van der Waals surface area contributed by atoms with Gasteiger partial charge in [-0.15, -0.1) is 0 Å². The molecule has 0 saturated heterocycles. The lowest BCUT2D eigenvalue weighted by Gasteiger charge is -2.16. The zero-order chi connectivity index (χ0) is 19.7. The summed E-state index contributed by atoms with van der Waals surface area (Å²) >= 11 is 5.71. The van der Waals surface area contributed by atoms with Gasteiger partial charge >= 0.3 is 6.18 Å². The number of anilines is 1. The second kappa shape index (κ2) is 7.25. The molecule has 0 fully saturated rings. The molecule has 0 aromatic carbocycles. The number of carbonyl (C=O) groups excluding carboxylic acids is 1. The number of hydrogen-bond acceptors (Lipinski definition) is 4. The minimum absolute atomic E-state index is 0.0713. The van der Waals surface area contributed by atoms with Crippen molar-refractivity contribution in [3.8, 4) is 0 Å². The maximum absolute atomic E-state index is 12.6. The molecular weight excluding hydrogens is 397 g/mol. The number of aromatic nitrogens is 2. The van der Waals surface area contributed by atoms with Crippen molar-refractivity contribution in [1.82, 2.24) is 14.3 Å². The van der Waals surface area contributed by atoms with Crippen LogP contribution in [0.15, 0.2) is 35.5 Å². The summed E-state index contributed by atoms with van der Waals surface area (Å²) in [4.78, 5) is 15.6. The Balaban J connectivity index is 2.24. The molecule has 0 radical (unpaired) electrons. The molecule has 2 aromatic rings. The number of aryl methyl sites for hydroxylation is 1. The van der Waals surface area contributed by atoms with Crippen LogP contribution >= 0.6 is 11.6 Å². The number of halogens is 4. The van der Waals surface area contributed by atoms with Crippen molar-refractivity contribution in [2.75, 3.05) is 5.32 Å². The summed E-state index contributed by atoms with van der Waals surface area (Å²) in [5, 5.41) is 2.63. The largest absolute Gasteiger partial charge is 0.404 e. The van der Waals surface area contributed by atoms with Crippen molar-refractivity contribution in [1.29, 1.82) is 0 Å². The molecule has 1 amide bonds. The molecule has 2 N–H and O–H groups in total. The van der Waals surface area contributed by atoms with E-state index in [1.54, 1.807) is 0 Å². The lowest BCUT2D eigenvalue weighted by Crippen LogP contribution is -2.42. The van der Waals surface area contributed by atoms with E-state index >= 15 is 0 Å². The third-order valence-electron chi connectivity index (χ3n) is 3.33. The summed E-state index contributed by atoms with van der Waals surface area (Å²) in [5.41, 5.74) is 0.252. The van der Waals surface area contributed by atoms with Gasteiger partial charge in [0.25, 0.3) is 5.91 Å². The summed E-state index contributed by atoms with van der Waals surface area (Å²) in [6, 6.07) is 1.55. The minimum atomic E-state index is -4.73. The van der Waals surface area contributed by atoms with Crippen LogP contribution < -0.4 is 10.0 Å². The molecule has 2 aromatic heterocycles. The Kier molecular flexibility index (Phi) is 5.64. The molecule has 0 bridgehead atoms. The Morgan fingerprint density at radius 1 is 1.35 bits per heavy atom. The number of rotatable bonds is 5. The Bertz CT molecular complexity index is 928. The van der Waals surface area contributed by atoms with Crippen LogP contribution in [-0.4, -0.2) is 36.1 Å². The van der Waals surface area contributed by atoms with Gasteiger partial charge in [-0.25, -0.2) is 13.4 Å². The van der Waals surface area contributed by atoms with Gasteiger partial charge in [0.1, 0.15) is 21.8 Å². The van der Waals surface area contributed by atoms with Gasteiger partial charge in [0.2, 0.25) is 10.0 Å². The number of amides is 1. The van der Waals surface area contributed by atoms with Crippen molar-refractivity contribution >= 4 is 33.2 Å². The first-order valence-electron chi connectivity index (χ1n) is 7.08. The second-order valence-corrected chi connectivity index (χ2v) is 7.48. The van der Waals surface area contributed by atoms with Gasteiger partial charge in [-0.1, -0.05) is 11.6 Å². The smallest absolute Gasteiger partial charge is 0.345 e. The molecule has 2 rings (SSSR count). The van der Waals surface area contributed by atoms with Gasteiger partial charge in [-0.3, -0.25) is 4.79 Å². The average molecular weight is 411 g/mol. The monoisotopic (exact) mass is 410 g/mol. The number of pyridine rings is 1. The summed E-state index contributed by atoms with van der Waals surface area (Å²) in [6.45, 7) is 0.682. The number of carbonyl (C=O) groups is 1. The van der Waals surface area contributed by atoms with Crippen molar-refractivity contribution in [3.05, 3.63) is 41.4 Å². The second-order valence-electron chi connectivity index (χ2n) is 5.38. The lowest BCUT2D eigenvalue weighted by atomic mass is 10.3. The molecule has 2 heterocycles. The van der Waals surface area contributed by atoms with Gasteiger partial charge in [0, 0.05) is 25.1 Å². The highest BCUT2D eigenvalue weighted by atomic mass is 35.5. The SMILES string of the molecule is C[C@@H](NS(=O)(=O)c1cc(C(=O)Nc2ccnc(Cl)c2)n(C)c1)C(F)(F)F. The van der Waals surface area contributed by atoms with Gasteiger partial charge in [0.05, 0.1) is 0 Å². The third kappa shape index (κ3) is 4.74. The van der Waals surface area contributed by atoms with E-state index in [1.165, 1.54) is 34.7 Å². The highest BCUT2D eigenvalue weighted by Gasteiger charge is 2.39. The number of sulfonamides is 1. The van der Waals surface area contributed by atoms with Crippen LogP contribution in [0.5, 0.6) is 0 Å². The first-order chi connectivity index (χ1) is 11.9.